The molecule has 0 aliphatic rings. The fourth-order valence-electron chi connectivity index (χ4n) is 2.13. The third kappa shape index (κ3) is 3.71. The summed E-state index contributed by atoms with van der Waals surface area (Å²) < 4.78 is 0. The van der Waals surface area contributed by atoms with Crippen LogP contribution in [-0.2, 0) is 0 Å². The van der Waals surface area contributed by atoms with Crippen LogP contribution in [0.15, 0.2) is 24.3 Å². The molecular formula is C15H24ClNO. The molecule has 1 unspecified atom stereocenters. The molecule has 0 bridgehead atoms. The van der Waals surface area contributed by atoms with Gasteiger partial charge in [0.2, 0.25) is 0 Å². The highest BCUT2D eigenvalue weighted by molar-refractivity contribution is 6.31. The number of hydrogen-bond acceptors (Lipinski definition) is 2. The second kappa shape index (κ2) is 6.55. The first kappa shape index (κ1) is 15.5. The standard InChI is InChI=1S/C15H24ClNO/c1-5-15(18,6-2)11-17(4)12(3)13-9-7-8-10-14(13)16/h7-10,12,18H,5-6,11H2,1-4H3. The number of halogens is 1. The second-order valence-electron chi connectivity index (χ2n) is 5.04. The van der Waals surface area contributed by atoms with Gasteiger partial charge < -0.3 is 5.11 Å². The Morgan fingerprint density at radius 3 is 2.33 bits per heavy atom. The summed E-state index contributed by atoms with van der Waals surface area (Å²) in [6.07, 6.45) is 1.53. The quantitative estimate of drug-likeness (QED) is 0.847. The van der Waals surface area contributed by atoms with Gasteiger partial charge in [-0.05, 0) is 38.4 Å². The molecule has 1 atom stereocenters. The number of nitrogens with zero attached hydrogens (tertiary/aromatic N) is 1. The van der Waals surface area contributed by atoms with E-state index in [0.717, 1.165) is 23.4 Å². The maximum Gasteiger partial charge on any atom is 0.0769 e. The summed E-state index contributed by atoms with van der Waals surface area (Å²) in [5.41, 5.74) is 0.501. The van der Waals surface area contributed by atoms with E-state index in [2.05, 4.69) is 11.8 Å². The van der Waals surface area contributed by atoms with Crippen LogP contribution < -0.4 is 0 Å². The molecule has 0 heterocycles. The Morgan fingerprint density at radius 2 is 1.83 bits per heavy atom. The monoisotopic (exact) mass is 269 g/mol. The predicted molar refractivity (Wildman–Crippen MR) is 78.0 cm³/mol. The Bertz CT molecular complexity index is 377. The van der Waals surface area contributed by atoms with Crippen LogP contribution in [0.4, 0.5) is 0 Å². The molecule has 1 aromatic carbocycles. The van der Waals surface area contributed by atoms with Gasteiger partial charge in [-0.15, -0.1) is 0 Å². The van der Waals surface area contributed by atoms with Crippen molar-refractivity contribution in [1.29, 1.82) is 0 Å². The van der Waals surface area contributed by atoms with Crippen molar-refractivity contribution in [2.45, 2.75) is 45.3 Å². The molecule has 0 spiro atoms. The molecule has 0 fully saturated rings. The molecule has 3 heteroatoms. The van der Waals surface area contributed by atoms with Crippen molar-refractivity contribution in [2.24, 2.45) is 0 Å². The second-order valence-corrected chi connectivity index (χ2v) is 5.45. The minimum absolute atomic E-state index is 0.198. The normalized spacial score (nSPS) is 13.9. The van der Waals surface area contributed by atoms with Gasteiger partial charge in [-0.1, -0.05) is 43.6 Å². The largest absolute Gasteiger partial charge is 0.389 e. The minimum atomic E-state index is -0.607. The lowest BCUT2D eigenvalue weighted by molar-refractivity contribution is -0.00558. The van der Waals surface area contributed by atoms with Crippen molar-refractivity contribution in [3.05, 3.63) is 34.9 Å². The van der Waals surface area contributed by atoms with E-state index in [4.69, 9.17) is 11.6 Å². The average Bonchev–Trinajstić information content (AvgIpc) is 2.38. The van der Waals surface area contributed by atoms with Crippen LogP contribution in [0.3, 0.4) is 0 Å². The lowest BCUT2D eigenvalue weighted by atomic mass is 9.95. The summed E-state index contributed by atoms with van der Waals surface area (Å²) in [7, 11) is 2.03. The maximum atomic E-state index is 10.4. The lowest BCUT2D eigenvalue weighted by Crippen LogP contribution is -2.41. The molecule has 18 heavy (non-hydrogen) atoms. The van der Waals surface area contributed by atoms with Gasteiger partial charge in [-0.3, -0.25) is 4.90 Å². The Hall–Kier alpha value is -0.570. The van der Waals surface area contributed by atoms with Gasteiger partial charge in [0.15, 0.2) is 0 Å². The highest BCUT2D eigenvalue weighted by Gasteiger charge is 2.26. The van der Waals surface area contributed by atoms with E-state index in [1.165, 1.54) is 0 Å². The van der Waals surface area contributed by atoms with Crippen molar-refractivity contribution < 1.29 is 5.11 Å². The molecular weight excluding hydrogens is 246 g/mol. The van der Waals surface area contributed by atoms with Gasteiger partial charge in [0.05, 0.1) is 5.60 Å². The van der Waals surface area contributed by atoms with Gasteiger partial charge in [0, 0.05) is 17.6 Å². The molecule has 1 rings (SSSR count). The maximum absolute atomic E-state index is 10.4. The first-order chi connectivity index (χ1) is 8.43. The first-order valence-electron chi connectivity index (χ1n) is 6.60. The number of rotatable bonds is 6. The van der Waals surface area contributed by atoms with Gasteiger partial charge >= 0.3 is 0 Å². The fourth-order valence-corrected chi connectivity index (χ4v) is 2.42. The van der Waals surface area contributed by atoms with Crippen LogP contribution in [0.25, 0.3) is 0 Å². The number of aliphatic hydroxyl groups is 1. The summed E-state index contributed by atoms with van der Waals surface area (Å²) in [5.74, 6) is 0. The zero-order valence-corrected chi connectivity index (χ0v) is 12.5. The van der Waals surface area contributed by atoms with E-state index in [1.54, 1.807) is 0 Å². The van der Waals surface area contributed by atoms with E-state index in [-0.39, 0.29) is 6.04 Å². The average molecular weight is 270 g/mol. The van der Waals surface area contributed by atoms with Crippen LogP contribution in [0, 0.1) is 0 Å². The molecule has 2 nitrogen and oxygen atoms in total. The molecule has 0 radical (unpaired) electrons. The third-order valence-corrected chi connectivity index (χ3v) is 4.22. The SMILES string of the molecule is CCC(O)(CC)CN(C)C(C)c1ccccc1Cl. The molecule has 0 saturated heterocycles. The Morgan fingerprint density at radius 1 is 1.28 bits per heavy atom. The summed E-state index contributed by atoms with van der Waals surface area (Å²) in [5, 5.41) is 11.2. The number of hydrogen-bond donors (Lipinski definition) is 1. The molecule has 1 N–H and O–H groups in total. The molecule has 0 saturated carbocycles. The lowest BCUT2D eigenvalue weighted by Gasteiger charge is -2.34. The summed E-state index contributed by atoms with van der Waals surface area (Å²) in [6, 6.07) is 8.08. The Kier molecular flexibility index (Phi) is 5.64. The summed E-state index contributed by atoms with van der Waals surface area (Å²) in [6.45, 7) is 6.83. The van der Waals surface area contributed by atoms with Crippen molar-refractivity contribution >= 4 is 11.6 Å². The van der Waals surface area contributed by atoms with Crippen LogP contribution in [0.5, 0.6) is 0 Å². The zero-order valence-electron chi connectivity index (χ0n) is 11.8. The fraction of sp³-hybridized carbons (Fsp3) is 0.600. The highest BCUT2D eigenvalue weighted by Crippen LogP contribution is 2.28. The highest BCUT2D eigenvalue weighted by atomic mass is 35.5. The van der Waals surface area contributed by atoms with E-state index in [0.29, 0.717) is 6.54 Å². The van der Waals surface area contributed by atoms with E-state index < -0.39 is 5.60 Å². The molecule has 0 amide bonds. The molecule has 0 aromatic heterocycles. The first-order valence-corrected chi connectivity index (χ1v) is 6.98. The summed E-state index contributed by atoms with van der Waals surface area (Å²) >= 11 is 6.21. The van der Waals surface area contributed by atoms with Crippen LogP contribution in [-0.4, -0.2) is 29.2 Å². The molecule has 1 aromatic rings. The smallest absolute Gasteiger partial charge is 0.0769 e. The van der Waals surface area contributed by atoms with Gasteiger partial charge in [-0.25, -0.2) is 0 Å². The Balaban J connectivity index is 2.79. The van der Waals surface area contributed by atoms with Crippen LogP contribution >= 0.6 is 11.6 Å². The van der Waals surface area contributed by atoms with Gasteiger partial charge in [0.25, 0.3) is 0 Å². The van der Waals surface area contributed by atoms with Crippen molar-refractivity contribution in [3.8, 4) is 0 Å². The van der Waals surface area contributed by atoms with Crippen molar-refractivity contribution in [3.63, 3.8) is 0 Å². The van der Waals surface area contributed by atoms with E-state index in [1.807, 2.05) is 45.2 Å². The minimum Gasteiger partial charge on any atom is -0.389 e. The topological polar surface area (TPSA) is 23.5 Å². The molecule has 102 valence electrons. The number of benzene rings is 1. The van der Waals surface area contributed by atoms with Crippen LogP contribution in [0.2, 0.25) is 5.02 Å². The summed E-state index contributed by atoms with van der Waals surface area (Å²) in [4.78, 5) is 2.16. The predicted octanol–water partition coefficient (Wildman–Crippen LogP) is 3.88. The van der Waals surface area contributed by atoms with Gasteiger partial charge in [0.1, 0.15) is 0 Å². The van der Waals surface area contributed by atoms with E-state index >= 15 is 0 Å². The Labute approximate surface area is 116 Å². The van der Waals surface area contributed by atoms with E-state index in [9.17, 15) is 5.11 Å². The van der Waals surface area contributed by atoms with Gasteiger partial charge in [-0.2, -0.15) is 0 Å². The zero-order chi connectivity index (χ0) is 13.8. The van der Waals surface area contributed by atoms with Crippen LogP contribution in [0.1, 0.15) is 45.2 Å². The third-order valence-electron chi connectivity index (χ3n) is 3.88. The van der Waals surface area contributed by atoms with Crippen molar-refractivity contribution in [1.82, 2.24) is 4.90 Å². The number of likely N-dealkylation sites (N-methyl/N-ethyl adjacent to an activating group) is 1. The molecule has 0 aliphatic carbocycles. The van der Waals surface area contributed by atoms with Crippen molar-refractivity contribution in [2.75, 3.05) is 13.6 Å². The molecule has 0 aliphatic heterocycles.